The van der Waals surface area contributed by atoms with Crippen LogP contribution in [0.3, 0.4) is 0 Å². The van der Waals surface area contributed by atoms with Gasteiger partial charge in [0.2, 0.25) is 0 Å². The lowest BCUT2D eigenvalue weighted by Crippen LogP contribution is -2.49. The summed E-state index contributed by atoms with van der Waals surface area (Å²) < 4.78 is 10.7. The van der Waals surface area contributed by atoms with E-state index in [1.807, 2.05) is 6.07 Å². The third kappa shape index (κ3) is 2.06. The van der Waals surface area contributed by atoms with Crippen LogP contribution in [0, 0.1) is 12.3 Å². The number of rotatable bonds is 4. The maximum Gasteiger partial charge on any atom is 0.122 e. The minimum atomic E-state index is 0.126. The molecule has 16 heavy (non-hydrogen) atoms. The van der Waals surface area contributed by atoms with Gasteiger partial charge in [0.15, 0.2) is 0 Å². The van der Waals surface area contributed by atoms with E-state index in [9.17, 15) is 0 Å². The molecule has 2 rings (SSSR count). The van der Waals surface area contributed by atoms with Crippen molar-refractivity contribution in [1.82, 2.24) is 0 Å². The van der Waals surface area contributed by atoms with Gasteiger partial charge in [-0.15, -0.1) is 0 Å². The summed E-state index contributed by atoms with van der Waals surface area (Å²) in [5.41, 5.74) is 8.44. The largest absolute Gasteiger partial charge is 0.496 e. The van der Waals surface area contributed by atoms with E-state index >= 15 is 0 Å². The molecule has 1 aromatic rings. The fraction of sp³-hybridized carbons (Fsp3) is 0.538. The summed E-state index contributed by atoms with van der Waals surface area (Å²) in [5, 5.41) is 0. The lowest BCUT2D eigenvalue weighted by atomic mass is 9.79. The van der Waals surface area contributed by atoms with E-state index in [4.69, 9.17) is 15.2 Å². The maximum atomic E-state index is 5.83. The number of aryl methyl sites for hydroxylation is 1. The Balaban J connectivity index is 2.22. The van der Waals surface area contributed by atoms with E-state index in [0.29, 0.717) is 6.54 Å². The summed E-state index contributed by atoms with van der Waals surface area (Å²) in [6.45, 7) is 4.29. The molecule has 0 radical (unpaired) electrons. The number of hydrogen-bond acceptors (Lipinski definition) is 3. The van der Waals surface area contributed by atoms with Crippen LogP contribution in [0.15, 0.2) is 18.2 Å². The zero-order valence-corrected chi connectivity index (χ0v) is 9.95. The molecular formula is C13H19NO2. The lowest BCUT2D eigenvalue weighted by molar-refractivity contribution is -0.106. The lowest BCUT2D eigenvalue weighted by Gasteiger charge is -2.40. The molecule has 0 aliphatic carbocycles. The number of benzene rings is 1. The zero-order valence-electron chi connectivity index (χ0n) is 9.95. The number of ether oxygens (including phenoxy) is 2. The van der Waals surface area contributed by atoms with Crippen LogP contribution in [-0.2, 0) is 11.2 Å². The summed E-state index contributed by atoms with van der Waals surface area (Å²) in [5.74, 6) is 0.949. The first-order valence-electron chi connectivity index (χ1n) is 5.60. The van der Waals surface area contributed by atoms with Gasteiger partial charge in [-0.05, 0) is 25.0 Å². The highest BCUT2D eigenvalue weighted by atomic mass is 16.5. The Morgan fingerprint density at radius 1 is 1.44 bits per heavy atom. The summed E-state index contributed by atoms with van der Waals surface area (Å²) in [6, 6.07) is 6.26. The average Bonchev–Trinajstić information content (AvgIpc) is 2.24. The normalized spacial score (nSPS) is 17.9. The van der Waals surface area contributed by atoms with Crippen molar-refractivity contribution >= 4 is 0 Å². The minimum absolute atomic E-state index is 0.126. The molecule has 1 fully saturated rings. The molecule has 1 aromatic carbocycles. The summed E-state index contributed by atoms with van der Waals surface area (Å²) in [7, 11) is 1.71. The van der Waals surface area contributed by atoms with Crippen LogP contribution in [0.1, 0.15) is 11.1 Å². The van der Waals surface area contributed by atoms with Crippen LogP contribution in [0.5, 0.6) is 5.75 Å². The van der Waals surface area contributed by atoms with Gasteiger partial charge in [0.25, 0.3) is 0 Å². The molecule has 0 atom stereocenters. The standard InChI is InChI=1S/C13H19NO2/c1-10-3-4-12(15-2)11(5-10)6-13(7-14)8-16-9-13/h3-5H,6-9,14H2,1-2H3. The predicted octanol–water partition coefficient (Wildman–Crippen LogP) is 1.52. The fourth-order valence-electron chi connectivity index (χ4n) is 2.13. The molecule has 1 heterocycles. The van der Waals surface area contributed by atoms with Crippen LogP contribution < -0.4 is 10.5 Å². The van der Waals surface area contributed by atoms with Crippen LogP contribution in [0.2, 0.25) is 0 Å². The van der Waals surface area contributed by atoms with Crippen molar-refractivity contribution in [3.8, 4) is 5.75 Å². The van der Waals surface area contributed by atoms with Crippen molar-refractivity contribution in [2.45, 2.75) is 13.3 Å². The predicted molar refractivity (Wildman–Crippen MR) is 63.7 cm³/mol. The Morgan fingerprint density at radius 3 is 2.69 bits per heavy atom. The number of hydrogen-bond donors (Lipinski definition) is 1. The van der Waals surface area contributed by atoms with Gasteiger partial charge >= 0.3 is 0 Å². The second kappa shape index (κ2) is 4.44. The van der Waals surface area contributed by atoms with Crippen LogP contribution in [-0.4, -0.2) is 26.9 Å². The van der Waals surface area contributed by atoms with Crippen molar-refractivity contribution in [2.75, 3.05) is 26.9 Å². The summed E-state index contributed by atoms with van der Waals surface area (Å²) >= 11 is 0. The van der Waals surface area contributed by atoms with Crippen molar-refractivity contribution in [3.63, 3.8) is 0 Å². The molecule has 1 saturated heterocycles. The van der Waals surface area contributed by atoms with Crippen molar-refractivity contribution in [3.05, 3.63) is 29.3 Å². The molecule has 0 aromatic heterocycles. The highest BCUT2D eigenvalue weighted by Crippen LogP contribution is 2.34. The zero-order chi connectivity index (χ0) is 11.6. The minimum Gasteiger partial charge on any atom is -0.496 e. The first kappa shape index (κ1) is 11.4. The Labute approximate surface area is 96.5 Å². The van der Waals surface area contributed by atoms with Gasteiger partial charge in [-0.25, -0.2) is 0 Å². The Bertz CT molecular complexity index is 367. The molecule has 3 heteroatoms. The second-order valence-electron chi connectivity index (χ2n) is 4.69. The topological polar surface area (TPSA) is 44.5 Å². The van der Waals surface area contributed by atoms with Crippen LogP contribution >= 0.6 is 0 Å². The van der Waals surface area contributed by atoms with Gasteiger partial charge in [-0.3, -0.25) is 0 Å². The van der Waals surface area contributed by atoms with Crippen molar-refractivity contribution in [2.24, 2.45) is 11.1 Å². The van der Waals surface area contributed by atoms with E-state index in [1.54, 1.807) is 7.11 Å². The van der Waals surface area contributed by atoms with E-state index < -0.39 is 0 Å². The van der Waals surface area contributed by atoms with E-state index in [1.165, 1.54) is 11.1 Å². The number of nitrogens with two attached hydrogens (primary N) is 1. The Hall–Kier alpha value is -1.06. The smallest absolute Gasteiger partial charge is 0.122 e. The van der Waals surface area contributed by atoms with Gasteiger partial charge < -0.3 is 15.2 Å². The Kier molecular flexibility index (Phi) is 3.17. The van der Waals surface area contributed by atoms with Crippen molar-refractivity contribution < 1.29 is 9.47 Å². The fourth-order valence-corrected chi connectivity index (χ4v) is 2.13. The monoisotopic (exact) mass is 221 g/mol. The van der Waals surface area contributed by atoms with E-state index in [0.717, 1.165) is 25.4 Å². The molecule has 1 aliphatic rings. The molecule has 0 saturated carbocycles. The third-order valence-corrected chi connectivity index (χ3v) is 3.25. The quantitative estimate of drug-likeness (QED) is 0.838. The molecular weight excluding hydrogens is 202 g/mol. The molecule has 1 aliphatic heterocycles. The molecule has 88 valence electrons. The second-order valence-corrected chi connectivity index (χ2v) is 4.69. The van der Waals surface area contributed by atoms with Crippen molar-refractivity contribution in [1.29, 1.82) is 0 Å². The Morgan fingerprint density at radius 2 is 2.19 bits per heavy atom. The van der Waals surface area contributed by atoms with Gasteiger partial charge in [0, 0.05) is 12.0 Å². The number of methoxy groups -OCH3 is 1. The first-order valence-corrected chi connectivity index (χ1v) is 5.60. The van der Waals surface area contributed by atoms with Gasteiger partial charge in [0.1, 0.15) is 5.75 Å². The molecule has 0 amide bonds. The molecule has 2 N–H and O–H groups in total. The van der Waals surface area contributed by atoms with Gasteiger partial charge in [0.05, 0.1) is 20.3 Å². The average molecular weight is 221 g/mol. The third-order valence-electron chi connectivity index (χ3n) is 3.25. The molecule has 0 bridgehead atoms. The van der Waals surface area contributed by atoms with E-state index in [-0.39, 0.29) is 5.41 Å². The van der Waals surface area contributed by atoms with Gasteiger partial charge in [-0.1, -0.05) is 17.7 Å². The van der Waals surface area contributed by atoms with E-state index in [2.05, 4.69) is 19.1 Å². The maximum absolute atomic E-state index is 5.83. The molecule has 3 nitrogen and oxygen atoms in total. The SMILES string of the molecule is COc1ccc(C)cc1CC1(CN)COC1. The van der Waals surface area contributed by atoms with Crippen LogP contribution in [0.25, 0.3) is 0 Å². The summed E-state index contributed by atoms with van der Waals surface area (Å²) in [4.78, 5) is 0. The molecule has 0 spiro atoms. The molecule has 0 unspecified atom stereocenters. The summed E-state index contributed by atoms with van der Waals surface area (Å²) in [6.07, 6.45) is 0.939. The van der Waals surface area contributed by atoms with Gasteiger partial charge in [-0.2, -0.15) is 0 Å². The van der Waals surface area contributed by atoms with Crippen LogP contribution in [0.4, 0.5) is 0 Å². The highest BCUT2D eigenvalue weighted by molar-refractivity contribution is 5.38. The highest BCUT2D eigenvalue weighted by Gasteiger charge is 2.37. The first-order chi connectivity index (χ1) is 7.69.